The first kappa shape index (κ1) is 16.4. The fourth-order valence-electron chi connectivity index (χ4n) is 3.10. The van der Waals surface area contributed by atoms with Crippen LogP contribution in [0, 0.1) is 5.92 Å². The second-order valence-electron chi connectivity index (χ2n) is 6.24. The molecule has 0 bridgehead atoms. The lowest BCUT2D eigenvalue weighted by molar-refractivity contribution is 0.170. The maximum absolute atomic E-state index is 5.92. The zero-order valence-corrected chi connectivity index (χ0v) is 14.3. The van der Waals surface area contributed by atoms with Crippen LogP contribution in [-0.2, 0) is 6.54 Å². The number of hydrogen-bond donors (Lipinski definition) is 1. The van der Waals surface area contributed by atoms with Gasteiger partial charge in [-0.25, -0.2) is 4.68 Å². The molecule has 1 N–H and O–H groups in total. The third-order valence-corrected chi connectivity index (χ3v) is 4.78. The summed E-state index contributed by atoms with van der Waals surface area (Å²) in [7, 11) is 2.03. The van der Waals surface area contributed by atoms with Crippen LogP contribution in [0.2, 0.25) is 5.02 Å². The van der Waals surface area contributed by atoms with E-state index in [1.54, 1.807) is 0 Å². The van der Waals surface area contributed by atoms with Gasteiger partial charge in [0.1, 0.15) is 0 Å². The minimum atomic E-state index is 0.732. The third kappa shape index (κ3) is 4.53. The molecule has 1 aromatic carbocycles. The zero-order chi connectivity index (χ0) is 16.1. The summed E-state index contributed by atoms with van der Waals surface area (Å²) in [6, 6.07) is 7.64. The Morgan fingerprint density at radius 2 is 1.96 bits per heavy atom. The van der Waals surface area contributed by atoms with Crippen molar-refractivity contribution in [3.8, 4) is 5.69 Å². The number of likely N-dealkylation sites (tertiary alicyclic amines) is 1. The molecule has 2 heterocycles. The molecule has 0 aliphatic carbocycles. The average Bonchev–Trinajstić information content (AvgIpc) is 3.03. The van der Waals surface area contributed by atoms with Gasteiger partial charge in [0.15, 0.2) is 0 Å². The number of halogens is 1. The molecule has 0 amide bonds. The lowest BCUT2D eigenvalue weighted by Crippen LogP contribution is -2.34. The summed E-state index contributed by atoms with van der Waals surface area (Å²) in [5.74, 6) is 0.864. The van der Waals surface area contributed by atoms with E-state index < -0.39 is 0 Å². The molecule has 0 unspecified atom stereocenters. The monoisotopic (exact) mass is 333 g/mol. The van der Waals surface area contributed by atoms with E-state index in [4.69, 9.17) is 11.6 Å². The molecule has 1 aliphatic heterocycles. The van der Waals surface area contributed by atoms with Crippen LogP contribution in [-0.4, -0.2) is 46.6 Å². The van der Waals surface area contributed by atoms with Crippen molar-refractivity contribution in [3.63, 3.8) is 0 Å². The Morgan fingerprint density at radius 1 is 1.22 bits per heavy atom. The first-order valence-electron chi connectivity index (χ1n) is 8.28. The number of hydrogen-bond acceptors (Lipinski definition) is 4. The molecular formula is C17H24ClN5. The van der Waals surface area contributed by atoms with Crippen molar-refractivity contribution in [1.82, 2.24) is 25.2 Å². The fraction of sp³-hybridized carbons (Fsp3) is 0.529. The van der Waals surface area contributed by atoms with Crippen LogP contribution < -0.4 is 5.32 Å². The van der Waals surface area contributed by atoms with E-state index in [2.05, 4.69) is 20.5 Å². The maximum Gasteiger partial charge on any atom is 0.0971 e. The molecule has 3 rings (SSSR count). The fourth-order valence-corrected chi connectivity index (χ4v) is 3.23. The van der Waals surface area contributed by atoms with Gasteiger partial charge in [-0.2, -0.15) is 0 Å². The highest BCUT2D eigenvalue weighted by Gasteiger charge is 2.19. The molecule has 0 radical (unpaired) electrons. The number of piperidine rings is 1. The van der Waals surface area contributed by atoms with Crippen LogP contribution in [0.4, 0.5) is 0 Å². The summed E-state index contributed by atoms with van der Waals surface area (Å²) in [6.45, 7) is 4.32. The molecule has 1 aromatic heterocycles. The van der Waals surface area contributed by atoms with Crippen molar-refractivity contribution < 1.29 is 0 Å². The molecule has 0 saturated carbocycles. The summed E-state index contributed by atoms with van der Waals surface area (Å²) < 4.78 is 1.81. The minimum Gasteiger partial charge on any atom is -0.320 e. The Labute approximate surface area is 142 Å². The van der Waals surface area contributed by atoms with Crippen molar-refractivity contribution >= 4 is 11.6 Å². The lowest BCUT2D eigenvalue weighted by Gasteiger charge is -2.31. The SMILES string of the molecule is CNCCC1CCN(Cc2cn(-c3ccc(Cl)cc3)nn2)CC1. The van der Waals surface area contributed by atoms with Gasteiger partial charge >= 0.3 is 0 Å². The highest BCUT2D eigenvalue weighted by Crippen LogP contribution is 2.21. The van der Waals surface area contributed by atoms with E-state index in [1.165, 1.54) is 19.3 Å². The van der Waals surface area contributed by atoms with Crippen LogP contribution in [0.3, 0.4) is 0 Å². The van der Waals surface area contributed by atoms with Crippen molar-refractivity contribution in [1.29, 1.82) is 0 Å². The van der Waals surface area contributed by atoms with Crippen LogP contribution in [0.15, 0.2) is 30.5 Å². The van der Waals surface area contributed by atoms with Crippen LogP contribution >= 0.6 is 11.6 Å². The van der Waals surface area contributed by atoms with Gasteiger partial charge in [0.2, 0.25) is 0 Å². The largest absolute Gasteiger partial charge is 0.320 e. The van der Waals surface area contributed by atoms with Gasteiger partial charge in [0, 0.05) is 11.6 Å². The molecule has 1 saturated heterocycles. The van der Waals surface area contributed by atoms with Crippen molar-refractivity contribution in [2.24, 2.45) is 5.92 Å². The van der Waals surface area contributed by atoms with E-state index in [-0.39, 0.29) is 0 Å². The lowest BCUT2D eigenvalue weighted by atomic mass is 9.93. The van der Waals surface area contributed by atoms with Gasteiger partial charge in [0.05, 0.1) is 17.6 Å². The molecule has 124 valence electrons. The molecule has 0 spiro atoms. The number of benzene rings is 1. The predicted molar refractivity (Wildman–Crippen MR) is 92.9 cm³/mol. The Morgan fingerprint density at radius 3 is 2.65 bits per heavy atom. The Hall–Kier alpha value is -1.43. The second-order valence-corrected chi connectivity index (χ2v) is 6.68. The standard InChI is InChI=1S/C17H24ClN5/c1-19-9-6-14-7-10-22(11-8-14)12-16-13-23(21-20-16)17-4-2-15(18)3-5-17/h2-5,13-14,19H,6-12H2,1H3. The summed E-state index contributed by atoms with van der Waals surface area (Å²) in [4.78, 5) is 2.48. The highest BCUT2D eigenvalue weighted by molar-refractivity contribution is 6.30. The number of rotatable bonds is 6. The first-order valence-corrected chi connectivity index (χ1v) is 8.66. The van der Waals surface area contributed by atoms with E-state index >= 15 is 0 Å². The van der Waals surface area contributed by atoms with E-state index in [0.29, 0.717) is 0 Å². The van der Waals surface area contributed by atoms with Gasteiger partial charge in [-0.15, -0.1) is 5.10 Å². The number of nitrogens with one attached hydrogen (secondary N) is 1. The van der Waals surface area contributed by atoms with Crippen LogP contribution in [0.25, 0.3) is 5.69 Å². The van der Waals surface area contributed by atoms with Crippen molar-refractivity contribution in [2.45, 2.75) is 25.8 Å². The summed E-state index contributed by atoms with van der Waals surface area (Å²) in [5.41, 5.74) is 2.01. The minimum absolute atomic E-state index is 0.732. The Balaban J connectivity index is 1.53. The van der Waals surface area contributed by atoms with E-state index in [9.17, 15) is 0 Å². The van der Waals surface area contributed by atoms with Gasteiger partial charge < -0.3 is 5.32 Å². The third-order valence-electron chi connectivity index (χ3n) is 4.53. The molecule has 2 aromatic rings. The van der Waals surface area contributed by atoms with Gasteiger partial charge in [0.25, 0.3) is 0 Å². The Kier molecular flexibility index (Phi) is 5.65. The highest BCUT2D eigenvalue weighted by atomic mass is 35.5. The molecule has 0 atom stereocenters. The topological polar surface area (TPSA) is 46.0 Å². The molecule has 23 heavy (non-hydrogen) atoms. The molecule has 1 fully saturated rings. The maximum atomic E-state index is 5.92. The normalized spacial score (nSPS) is 16.8. The summed E-state index contributed by atoms with van der Waals surface area (Å²) in [5, 5.41) is 12.5. The molecular weight excluding hydrogens is 310 g/mol. The number of aromatic nitrogens is 3. The van der Waals surface area contributed by atoms with E-state index in [1.807, 2.05) is 42.2 Å². The zero-order valence-electron chi connectivity index (χ0n) is 13.6. The molecule has 5 nitrogen and oxygen atoms in total. The molecule has 6 heteroatoms. The van der Waals surface area contributed by atoms with Crippen molar-refractivity contribution in [2.75, 3.05) is 26.7 Å². The van der Waals surface area contributed by atoms with Crippen LogP contribution in [0.5, 0.6) is 0 Å². The predicted octanol–water partition coefficient (Wildman–Crippen LogP) is 2.74. The quantitative estimate of drug-likeness (QED) is 0.883. The Bertz CT molecular complexity index is 602. The van der Waals surface area contributed by atoms with E-state index in [0.717, 1.165) is 48.5 Å². The second kappa shape index (κ2) is 7.90. The van der Waals surface area contributed by atoms with Crippen LogP contribution in [0.1, 0.15) is 25.0 Å². The van der Waals surface area contributed by atoms with Gasteiger partial charge in [-0.3, -0.25) is 4.90 Å². The molecule has 1 aliphatic rings. The van der Waals surface area contributed by atoms with Crippen molar-refractivity contribution in [3.05, 3.63) is 41.2 Å². The smallest absolute Gasteiger partial charge is 0.0971 e. The number of nitrogens with zero attached hydrogens (tertiary/aromatic N) is 4. The first-order chi connectivity index (χ1) is 11.2. The summed E-state index contributed by atoms with van der Waals surface area (Å²) in [6.07, 6.45) is 5.87. The van der Waals surface area contributed by atoms with Gasteiger partial charge in [-0.05, 0) is 76.1 Å². The average molecular weight is 334 g/mol. The summed E-state index contributed by atoms with van der Waals surface area (Å²) >= 11 is 5.92. The van der Waals surface area contributed by atoms with Gasteiger partial charge in [-0.1, -0.05) is 16.8 Å².